The Balaban J connectivity index is 1.12. The van der Waals surface area contributed by atoms with Gasteiger partial charge in [-0.15, -0.1) is 0 Å². The van der Waals surface area contributed by atoms with E-state index in [0.717, 1.165) is 29.9 Å². The summed E-state index contributed by atoms with van der Waals surface area (Å²) in [6.07, 6.45) is 6.84. The number of allylic oxidation sites excluding steroid dienone is 4. The summed E-state index contributed by atoms with van der Waals surface area (Å²) in [5.74, 6) is 0. The molecular weight excluding hydrogens is 627 g/mol. The van der Waals surface area contributed by atoms with Crippen molar-refractivity contribution < 1.29 is 0 Å². The predicted molar refractivity (Wildman–Crippen MR) is 220 cm³/mol. The topological polar surface area (TPSA) is 3.24 Å². The van der Waals surface area contributed by atoms with Crippen LogP contribution in [0.25, 0.3) is 27.8 Å². The van der Waals surface area contributed by atoms with Gasteiger partial charge in [0.1, 0.15) is 0 Å². The van der Waals surface area contributed by atoms with E-state index >= 15 is 0 Å². The van der Waals surface area contributed by atoms with E-state index in [2.05, 4.69) is 207 Å². The van der Waals surface area contributed by atoms with Gasteiger partial charge in [0.05, 0.1) is 5.41 Å². The third-order valence-corrected chi connectivity index (χ3v) is 11.1. The molecule has 0 spiro atoms. The fourth-order valence-corrected chi connectivity index (χ4v) is 8.90. The monoisotopic (exact) mass is 667 g/mol. The molecule has 9 rings (SSSR count). The lowest BCUT2D eigenvalue weighted by atomic mass is 9.65. The number of anilines is 3. The van der Waals surface area contributed by atoms with Gasteiger partial charge in [0, 0.05) is 17.1 Å². The second kappa shape index (κ2) is 13.2. The maximum atomic E-state index is 2.47. The molecule has 0 N–H and O–H groups in total. The standard InChI is InChI=1S/C51H41N/c1-36-34-42(51(41-18-8-4-9-19-41)48-24-14-12-22-46(48)47-23-13-15-25-49(47)51)35-37(2)50(36)40-28-32-45(33-29-40)52(43-20-10-5-11-21-43)44-30-26-39(27-31-44)38-16-6-3-7-17-38/h3-14,16-24,26-35H,15,25H2,1-2H3. The highest BCUT2D eigenvalue weighted by atomic mass is 15.1. The lowest BCUT2D eigenvalue weighted by Crippen LogP contribution is -2.30. The van der Waals surface area contributed by atoms with Crippen molar-refractivity contribution in [3.05, 3.63) is 227 Å². The summed E-state index contributed by atoms with van der Waals surface area (Å²) in [6.45, 7) is 4.58. The van der Waals surface area contributed by atoms with Crippen LogP contribution in [-0.4, -0.2) is 0 Å². The van der Waals surface area contributed by atoms with E-state index in [1.807, 2.05) is 0 Å². The predicted octanol–water partition coefficient (Wildman–Crippen LogP) is 13.6. The molecule has 52 heavy (non-hydrogen) atoms. The van der Waals surface area contributed by atoms with Crippen LogP contribution < -0.4 is 4.90 Å². The van der Waals surface area contributed by atoms with Crippen molar-refractivity contribution in [3.63, 3.8) is 0 Å². The van der Waals surface area contributed by atoms with Gasteiger partial charge >= 0.3 is 0 Å². The Morgan fingerprint density at radius 1 is 0.481 bits per heavy atom. The van der Waals surface area contributed by atoms with Crippen LogP contribution in [0.3, 0.4) is 0 Å². The first-order chi connectivity index (χ1) is 25.6. The summed E-state index contributed by atoms with van der Waals surface area (Å²) >= 11 is 0. The molecular formula is C51H41N. The molecule has 0 saturated carbocycles. The average molecular weight is 668 g/mol. The molecule has 0 bridgehead atoms. The Morgan fingerprint density at radius 2 is 1.00 bits per heavy atom. The lowest BCUT2D eigenvalue weighted by Gasteiger charge is -2.37. The zero-order valence-corrected chi connectivity index (χ0v) is 29.8. The summed E-state index contributed by atoms with van der Waals surface area (Å²) in [5.41, 5.74) is 19.0. The molecule has 7 aromatic rings. The van der Waals surface area contributed by atoms with Gasteiger partial charge in [-0.2, -0.15) is 0 Å². The van der Waals surface area contributed by atoms with Crippen LogP contribution in [0.15, 0.2) is 194 Å². The summed E-state index contributed by atoms with van der Waals surface area (Å²) in [5, 5.41) is 0. The lowest BCUT2D eigenvalue weighted by molar-refractivity contribution is 0.695. The van der Waals surface area contributed by atoms with Crippen molar-refractivity contribution in [2.75, 3.05) is 4.90 Å². The van der Waals surface area contributed by atoms with Crippen LogP contribution in [-0.2, 0) is 5.41 Å². The maximum Gasteiger partial charge on any atom is 0.0676 e. The first kappa shape index (κ1) is 31.8. The number of benzene rings is 7. The van der Waals surface area contributed by atoms with E-state index in [0.29, 0.717) is 0 Å². The van der Waals surface area contributed by atoms with Gasteiger partial charge in [0.2, 0.25) is 0 Å². The average Bonchev–Trinajstić information content (AvgIpc) is 3.51. The van der Waals surface area contributed by atoms with E-state index in [9.17, 15) is 0 Å². The van der Waals surface area contributed by atoms with Crippen molar-refractivity contribution in [3.8, 4) is 22.3 Å². The van der Waals surface area contributed by atoms with E-state index in [4.69, 9.17) is 0 Å². The van der Waals surface area contributed by atoms with Gasteiger partial charge in [0.15, 0.2) is 0 Å². The van der Waals surface area contributed by atoms with Crippen molar-refractivity contribution in [2.45, 2.75) is 32.1 Å². The number of aryl methyl sites for hydroxylation is 2. The zero-order valence-electron chi connectivity index (χ0n) is 29.8. The molecule has 0 aromatic heterocycles. The van der Waals surface area contributed by atoms with Crippen molar-refractivity contribution >= 4 is 22.6 Å². The molecule has 2 aliphatic rings. The Hall–Kier alpha value is -6.18. The summed E-state index contributed by atoms with van der Waals surface area (Å²) in [6, 6.07) is 64.4. The number of para-hydroxylation sites is 1. The Kier molecular flexibility index (Phi) is 8.05. The summed E-state index contributed by atoms with van der Waals surface area (Å²) < 4.78 is 0. The van der Waals surface area contributed by atoms with Gasteiger partial charge in [-0.05, 0) is 130 Å². The molecule has 1 nitrogen and oxygen atoms in total. The molecule has 2 aliphatic carbocycles. The van der Waals surface area contributed by atoms with Gasteiger partial charge < -0.3 is 4.90 Å². The van der Waals surface area contributed by atoms with E-state index in [1.165, 1.54) is 66.8 Å². The van der Waals surface area contributed by atoms with Crippen molar-refractivity contribution in [2.24, 2.45) is 0 Å². The molecule has 1 atom stereocenters. The minimum atomic E-state index is -0.317. The van der Waals surface area contributed by atoms with Crippen LogP contribution >= 0.6 is 0 Å². The molecule has 0 amide bonds. The molecule has 0 saturated heterocycles. The van der Waals surface area contributed by atoms with Crippen LogP contribution in [0.5, 0.6) is 0 Å². The molecule has 1 heteroatoms. The Bertz CT molecular complexity index is 2410. The maximum absolute atomic E-state index is 2.47. The highest BCUT2D eigenvalue weighted by Crippen LogP contribution is 2.57. The van der Waals surface area contributed by atoms with Gasteiger partial charge in [-0.25, -0.2) is 0 Å². The minimum Gasteiger partial charge on any atom is -0.311 e. The zero-order chi connectivity index (χ0) is 35.1. The van der Waals surface area contributed by atoms with Crippen molar-refractivity contribution in [1.82, 2.24) is 0 Å². The highest BCUT2D eigenvalue weighted by Gasteiger charge is 2.47. The molecule has 250 valence electrons. The summed E-state index contributed by atoms with van der Waals surface area (Å²) in [4.78, 5) is 2.34. The largest absolute Gasteiger partial charge is 0.311 e. The van der Waals surface area contributed by atoms with E-state index in [1.54, 1.807) is 0 Å². The Labute approximate surface area is 307 Å². The fraction of sp³-hybridized carbons (Fsp3) is 0.0980. The normalized spacial score (nSPS) is 16.0. The smallest absolute Gasteiger partial charge is 0.0676 e. The second-order valence-electron chi connectivity index (χ2n) is 14.1. The Morgan fingerprint density at radius 3 is 1.65 bits per heavy atom. The molecule has 0 heterocycles. The highest BCUT2D eigenvalue weighted by molar-refractivity contribution is 5.91. The third-order valence-electron chi connectivity index (χ3n) is 11.1. The number of nitrogens with zero attached hydrogens (tertiary/aromatic N) is 1. The van der Waals surface area contributed by atoms with Gasteiger partial charge in [-0.3, -0.25) is 0 Å². The van der Waals surface area contributed by atoms with Crippen LogP contribution in [0.4, 0.5) is 17.1 Å². The molecule has 1 unspecified atom stereocenters. The van der Waals surface area contributed by atoms with Crippen LogP contribution in [0.1, 0.15) is 46.2 Å². The molecule has 7 aromatic carbocycles. The van der Waals surface area contributed by atoms with E-state index in [-0.39, 0.29) is 5.41 Å². The first-order valence-electron chi connectivity index (χ1n) is 18.4. The van der Waals surface area contributed by atoms with Gasteiger partial charge in [-0.1, -0.05) is 152 Å². The number of hydrogen-bond donors (Lipinski definition) is 0. The van der Waals surface area contributed by atoms with Crippen molar-refractivity contribution in [1.29, 1.82) is 0 Å². The number of rotatable bonds is 7. The molecule has 0 aliphatic heterocycles. The van der Waals surface area contributed by atoms with Gasteiger partial charge in [0.25, 0.3) is 0 Å². The third kappa shape index (κ3) is 5.24. The second-order valence-corrected chi connectivity index (χ2v) is 14.1. The quantitative estimate of drug-likeness (QED) is 0.164. The first-order valence-corrected chi connectivity index (χ1v) is 18.4. The molecule has 0 radical (unpaired) electrons. The summed E-state index contributed by atoms with van der Waals surface area (Å²) in [7, 11) is 0. The molecule has 0 fully saturated rings. The fourth-order valence-electron chi connectivity index (χ4n) is 8.90. The van der Waals surface area contributed by atoms with Crippen LogP contribution in [0.2, 0.25) is 0 Å². The SMILES string of the molecule is Cc1cc(C2(c3ccccc3)C3=C(C=CCC3)c3ccccc32)cc(C)c1-c1ccc(N(c2ccccc2)c2ccc(-c3ccccc3)cc2)cc1. The van der Waals surface area contributed by atoms with Crippen LogP contribution in [0, 0.1) is 13.8 Å². The number of hydrogen-bond acceptors (Lipinski definition) is 1. The van der Waals surface area contributed by atoms with E-state index < -0.39 is 0 Å². The number of fused-ring (bicyclic) bond motifs is 2. The minimum absolute atomic E-state index is 0.317.